The topological polar surface area (TPSA) is 198 Å². The second-order valence-corrected chi connectivity index (χ2v) is 15.7. The van der Waals surface area contributed by atoms with E-state index in [1.54, 1.807) is 68.4 Å². The molecule has 0 aromatic heterocycles. The molecule has 14 nitrogen and oxygen atoms in total. The molecule has 0 unspecified atom stereocenters. The Labute approximate surface area is 302 Å². The number of carbonyl (C=O) groups excluding carboxylic acids is 2. The molecule has 3 aromatic rings. The van der Waals surface area contributed by atoms with Crippen molar-refractivity contribution in [2.75, 3.05) is 19.8 Å². The molecule has 3 aromatic carbocycles. The fourth-order valence-electron chi connectivity index (χ4n) is 5.35. The van der Waals surface area contributed by atoms with Gasteiger partial charge in [0.1, 0.15) is 17.0 Å². The molecule has 51 heavy (non-hydrogen) atoms. The molecule has 4 rings (SSSR count). The molecule has 17 heteroatoms. The van der Waals surface area contributed by atoms with Crippen LogP contribution in [0.25, 0.3) is 0 Å². The first-order valence-corrected chi connectivity index (χ1v) is 19.5. The summed E-state index contributed by atoms with van der Waals surface area (Å²) in [6.07, 6.45) is 0.945. The van der Waals surface area contributed by atoms with E-state index in [1.807, 2.05) is 0 Å². The number of carboxylic acids is 1. The summed E-state index contributed by atoms with van der Waals surface area (Å²) in [5.41, 5.74) is 2.03. The number of nitrogens with zero attached hydrogens (tertiary/aromatic N) is 1. The van der Waals surface area contributed by atoms with E-state index in [0.29, 0.717) is 36.1 Å². The Morgan fingerprint density at radius 3 is 2.20 bits per heavy atom. The predicted molar refractivity (Wildman–Crippen MR) is 187 cm³/mol. The number of aliphatic carboxylic acids is 1. The van der Waals surface area contributed by atoms with Crippen molar-refractivity contribution in [3.8, 4) is 0 Å². The van der Waals surface area contributed by atoms with E-state index < -0.39 is 56.0 Å². The molecule has 0 aliphatic carbocycles. The van der Waals surface area contributed by atoms with E-state index in [-0.39, 0.29) is 47.7 Å². The zero-order valence-electron chi connectivity index (χ0n) is 28.1. The maximum absolute atomic E-state index is 13.1. The van der Waals surface area contributed by atoms with Crippen LogP contribution < -0.4 is 14.8 Å². The van der Waals surface area contributed by atoms with Crippen LogP contribution in [-0.4, -0.2) is 82.6 Å². The highest BCUT2D eigenvalue weighted by Gasteiger charge is 2.37. The summed E-state index contributed by atoms with van der Waals surface area (Å²) >= 11 is 6.15. The summed E-state index contributed by atoms with van der Waals surface area (Å²) in [5.74, 6) is -2.12. The standard InChI is InChI=1S/C34H41ClN4O10S2/c1-3-49-34(43)29(38-23(2)32(40)39-17-7-10-30(39)33(41)42)22-48-21-26-13-11-25(12-14-26)20-36-50(44,45)27-15-16-28(35)31(18-27)51(46,47)37-19-24-8-5-4-6-9-24/h4-6,8-9,11-16,18,23,29-30,36-38H,3,7,10,17,19-22H2,1-2H3,(H,41,42)/t23-,29-,30-/m0/s1. The van der Waals surface area contributed by atoms with Crippen molar-refractivity contribution in [2.24, 2.45) is 0 Å². The third kappa shape index (κ3) is 11.0. The lowest BCUT2D eigenvalue weighted by molar-refractivity contribution is -0.151. The summed E-state index contributed by atoms with van der Waals surface area (Å²) < 4.78 is 67.9. The number of halogens is 1. The number of hydrogen-bond donors (Lipinski definition) is 4. The lowest BCUT2D eigenvalue weighted by Gasteiger charge is -2.27. The smallest absolute Gasteiger partial charge is 0.326 e. The number of amides is 1. The number of likely N-dealkylation sites (tertiary alicyclic amines) is 1. The summed E-state index contributed by atoms with van der Waals surface area (Å²) in [4.78, 5) is 37.8. The van der Waals surface area contributed by atoms with Gasteiger partial charge in [-0.1, -0.05) is 66.2 Å². The van der Waals surface area contributed by atoms with Crippen molar-refractivity contribution in [2.45, 2.75) is 74.3 Å². The van der Waals surface area contributed by atoms with Crippen LogP contribution in [0.15, 0.2) is 82.6 Å². The molecule has 1 aliphatic rings. The fraction of sp³-hybridized carbons (Fsp3) is 0.382. The van der Waals surface area contributed by atoms with Gasteiger partial charge in [0.05, 0.1) is 35.8 Å². The van der Waals surface area contributed by atoms with Crippen LogP contribution in [-0.2, 0) is 63.6 Å². The molecular weight excluding hydrogens is 724 g/mol. The molecule has 4 N–H and O–H groups in total. The number of ether oxygens (including phenoxy) is 2. The van der Waals surface area contributed by atoms with Crippen LogP contribution in [0, 0.1) is 0 Å². The first kappa shape index (κ1) is 39.9. The van der Waals surface area contributed by atoms with Crippen LogP contribution in [0.3, 0.4) is 0 Å². The lowest BCUT2D eigenvalue weighted by Crippen LogP contribution is -2.54. The van der Waals surface area contributed by atoms with Gasteiger partial charge in [0.15, 0.2) is 0 Å². The maximum atomic E-state index is 13.1. The third-order valence-corrected chi connectivity index (χ3v) is 11.3. The average Bonchev–Trinajstić information content (AvgIpc) is 3.61. The number of esters is 1. The zero-order chi connectivity index (χ0) is 37.2. The molecule has 1 saturated heterocycles. The van der Waals surface area contributed by atoms with E-state index in [9.17, 15) is 36.3 Å². The van der Waals surface area contributed by atoms with E-state index in [1.165, 1.54) is 17.0 Å². The number of carbonyl (C=O) groups is 3. The first-order chi connectivity index (χ1) is 24.2. The average molecular weight is 765 g/mol. The highest BCUT2D eigenvalue weighted by Crippen LogP contribution is 2.25. The molecule has 0 spiro atoms. The van der Waals surface area contributed by atoms with E-state index in [4.69, 9.17) is 21.1 Å². The van der Waals surface area contributed by atoms with Crippen molar-refractivity contribution in [1.29, 1.82) is 0 Å². The number of sulfonamides is 2. The van der Waals surface area contributed by atoms with Gasteiger partial charge >= 0.3 is 11.9 Å². The minimum Gasteiger partial charge on any atom is -0.480 e. The van der Waals surface area contributed by atoms with E-state index in [0.717, 1.165) is 6.07 Å². The van der Waals surface area contributed by atoms with Crippen molar-refractivity contribution in [3.05, 3.63) is 94.5 Å². The van der Waals surface area contributed by atoms with Gasteiger partial charge in [-0.05, 0) is 61.6 Å². The molecule has 0 saturated carbocycles. The van der Waals surface area contributed by atoms with Crippen molar-refractivity contribution < 1.29 is 45.8 Å². The fourth-order valence-corrected chi connectivity index (χ4v) is 8.01. The SMILES string of the molecule is CCOC(=O)[C@H](COCc1ccc(CNS(=O)(=O)c2ccc(Cl)c(S(=O)(=O)NCc3ccccc3)c2)cc1)N[C@@H](C)C(=O)N1CCC[C@H]1C(=O)O. The number of benzene rings is 3. The second-order valence-electron chi connectivity index (χ2n) is 11.8. The summed E-state index contributed by atoms with van der Waals surface area (Å²) in [7, 11) is -8.27. The molecule has 1 aliphatic heterocycles. The van der Waals surface area contributed by atoms with Gasteiger partial charge in [0.2, 0.25) is 26.0 Å². The highest BCUT2D eigenvalue weighted by atomic mass is 35.5. The van der Waals surface area contributed by atoms with E-state index >= 15 is 0 Å². The van der Waals surface area contributed by atoms with Gasteiger partial charge in [-0.3, -0.25) is 14.9 Å². The molecule has 0 bridgehead atoms. The normalized spacial score (nSPS) is 16.1. The summed E-state index contributed by atoms with van der Waals surface area (Å²) in [5, 5.41) is 12.2. The van der Waals surface area contributed by atoms with E-state index in [2.05, 4.69) is 14.8 Å². The van der Waals surface area contributed by atoms with Crippen LogP contribution in [0.4, 0.5) is 0 Å². The van der Waals surface area contributed by atoms with Gasteiger partial charge in [-0.15, -0.1) is 0 Å². The minimum atomic E-state index is -4.14. The number of carboxylic acid groups (broad SMARTS) is 1. The first-order valence-electron chi connectivity index (χ1n) is 16.2. The van der Waals surface area contributed by atoms with Gasteiger partial charge in [0.25, 0.3) is 0 Å². The summed E-state index contributed by atoms with van der Waals surface area (Å²) in [6.45, 7) is 3.48. The molecule has 1 amide bonds. The third-order valence-electron chi connectivity index (χ3n) is 8.07. The van der Waals surface area contributed by atoms with Crippen LogP contribution in [0.1, 0.15) is 43.4 Å². The summed E-state index contributed by atoms with van der Waals surface area (Å²) in [6, 6.07) is 16.3. The van der Waals surface area contributed by atoms with Crippen molar-refractivity contribution in [1.82, 2.24) is 19.7 Å². The van der Waals surface area contributed by atoms with Crippen LogP contribution >= 0.6 is 11.6 Å². The van der Waals surface area contributed by atoms with Gasteiger partial charge < -0.3 is 19.5 Å². The Morgan fingerprint density at radius 1 is 0.922 bits per heavy atom. The van der Waals surface area contributed by atoms with Gasteiger partial charge in [-0.25, -0.2) is 31.1 Å². The molecule has 1 fully saturated rings. The monoisotopic (exact) mass is 764 g/mol. The molecular formula is C34H41ClN4O10S2. The molecule has 0 radical (unpaired) electrons. The lowest BCUT2D eigenvalue weighted by atomic mass is 10.1. The Bertz CT molecular complexity index is 1900. The largest absolute Gasteiger partial charge is 0.480 e. The maximum Gasteiger partial charge on any atom is 0.326 e. The van der Waals surface area contributed by atoms with Gasteiger partial charge in [0, 0.05) is 19.6 Å². The second kappa shape index (κ2) is 18.0. The zero-order valence-corrected chi connectivity index (χ0v) is 30.5. The predicted octanol–water partition coefficient (Wildman–Crippen LogP) is 2.80. The van der Waals surface area contributed by atoms with Crippen LogP contribution in [0.2, 0.25) is 5.02 Å². The molecule has 3 atom stereocenters. The van der Waals surface area contributed by atoms with Crippen LogP contribution in [0.5, 0.6) is 0 Å². The van der Waals surface area contributed by atoms with Crippen molar-refractivity contribution >= 4 is 49.5 Å². The minimum absolute atomic E-state index is 0.00572. The number of nitrogens with one attached hydrogen (secondary N) is 3. The quantitative estimate of drug-likeness (QED) is 0.139. The number of hydrogen-bond acceptors (Lipinski definition) is 10. The Balaban J connectivity index is 1.31. The molecule has 276 valence electrons. The Kier molecular flexibility index (Phi) is 14.1. The van der Waals surface area contributed by atoms with Crippen molar-refractivity contribution in [3.63, 3.8) is 0 Å². The molecule has 1 heterocycles. The van der Waals surface area contributed by atoms with Gasteiger partial charge in [-0.2, -0.15) is 0 Å². The Morgan fingerprint density at radius 2 is 1.55 bits per heavy atom. The highest BCUT2D eigenvalue weighted by molar-refractivity contribution is 7.90. The number of rotatable bonds is 18. The Hall–Kier alpha value is -3.90.